The summed E-state index contributed by atoms with van der Waals surface area (Å²) in [4.78, 5) is 23.3. The van der Waals surface area contributed by atoms with E-state index in [1.165, 1.54) is 5.56 Å². The van der Waals surface area contributed by atoms with Crippen molar-refractivity contribution >= 4 is 11.7 Å². The van der Waals surface area contributed by atoms with Crippen LogP contribution in [-0.2, 0) is 16.0 Å². The number of amides is 1. The molecule has 1 aromatic carbocycles. The molecule has 19 heavy (non-hydrogen) atoms. The average Bonchev–Trinajstić information content (AvgIpc) is 2.45. The average molecular weight is 263 g/mol. The summed E-state index contributed by atoms with van der Waals surface area (Å²) in [6.07, 6.45) is 1.42. The normalized spacial score (nSPS) is 10.2. The lowest BCUT2D eigenvalue weighted by atomic mass is 10.0. The molecule has 0 unspecified atom stereocenters. The lowest BCUT2D eigenvalue weighted by Crippen LogP contribution is -2.27. The van der Waals surface area contributed by atoms with Gasteiger partial charge in [-0.25, -0.2) is 0 Å². The number of carbonyl (C=O) groups excluding carboxylic acids is 2. The minimum atomic E-state index is -0.115. The molecule has 1 amide bonds. The summed E-state index contributed by atoms with van der Waals surface area (Å²) in [6, 6.07) is 7.55. The van der Waals surface area contributed by atoms with Crippen molar-refractivity contribution in [2.75, 3.05) is 20.3 Å². The van der Waals surface area contributed by atoms with Crippen LogP contribution in [0.3, 0.4) is 0 Å². The number of carbonyl (C=O) groups is 2. The molecule has 4 heteroatoms. The number of ether oxygens (including phenoxy) is 1. The standard InChI is InChI=1S/C15H21NO3/c1-3-12-4-6-13(7-5-12)14(17)8-9-15(18)16-10-11-19-2/h4-7H,3,8-11H2,1-2H3,(H,16,18). The number of benzene rings is 1. The summed E-state index contributed by atoms with van der Waals surface area (Å²) in [5, 5.41) is 2.69. The summed E-state index contributed by atoms with van der Waals surface area (Å²) in [5.74, 6) is -0.111. The van der Waals surface area contributed by atoms with E-state index in [0.717, 1.165) is 6.42 Å². The minimum absolute atomic E-state index is 0.00421. The van der Waals surface area contributed by atoms with Gasteiger partial charge in [0.25, 0.3) is 0 Å². The maximum absolute atomic E-state index is 11.9. The Kier molecular flexibility index (Phi) is 6.82. The molecule has 0 aromatic heterocycles. The van der Waals surface area contributed by atoms with Crippen LogP contribution >= 0.6 is 0 Å². The van der Waals surface area contributed by atoms with Crippen LogP contribution in [0, 0.1) is 0 Å². The second kappa shape index (κ2) is 8.43. The molecular weight excluding hydrogens is 242 g/mol. The molecule has 1 aromatic rings. The third kappa shape index (κ3) is 5.66. The Morgan fingerprint density at radius 3 is 2.42 bits per heavy atom. The lowest BCUT2D eigenvalue weighted by Gasteiger charge is -2.04. The van der Waals surface area contributed by atoms with Crippen LogP contribution in [0.5, 0.6) is 0 Å². The smallest absolute Gasteiger partial charge is 0.220 e. The monoisotopic (exact) mass is 263 g/mol. The first-order chi connectivity index (χ1) is 9.17. The van der Waals surface area contributed by atoms with Crippen molar-refractivity contribution < 1.29 is 14.3 Å². The highest BCUT2D eigenvalue weighted by molar-refractivity contribution is 5.97. The number of aryl methyl sites for hydroxylation is 1. The van der Waals surface area contributed by atoms with Gasteiger partial charge < -0.3 is 10.1 Å². The summed E-state index contributed by atoms with van der Waals surface area (Å²) in [6.45, 7) is 3.04. The first-order valence-corrected chi connectivity index (χ1v) is 6.55. The van der Waals surface area contributed by atoms with E-state index in [-0.39, 0.29) is 24.5 Å². The Balaban J connectivity index is 2.35. The molecule has 0 radical (unpaired) electrons. The third-order valence-corrected chi connectivity index (χ3v) is 2.89. The van der Waals surface area contributed by atoms with E-state index in [2.05, 4.69) is 12.2 Å². The zero-order chi connectivity index (χ0) is 14.1. The highest BCUT2D eigenvalue weighted by Crippen LogP contribution is 2.08. The maximum Gasteiger partial charge on any atom is 0.220 e. The summed E-state index contributed by atoms with van der Waals surface area (Å²) in [5.41, 5.74) is 1.87. The van der Waals surface area contributed by atoms with Crippen LogP contribution in [-0.4, -0.2) is 32.0 Å². The number of hydrogen-bond acceptors (Lipinski definition) is 3. The highest BCUT2D eigenvalue weighted by Gasteiger charge is 2.08. The number of rotatable bonds is 8. The molecule has 0 saturated heterocycles. The van der Waals surface area contributed by atoms with Gasteiger partial charge in [-0.2, -0.15) is 0 Å². The first-order valence-electron chi connectivity index (χ1n) is 6.55. The molecule has 0 aliphatic heterocycles. The predicted octanol–water partition coefficient (Wildman–Crippen LogP) is 1.97. The van der Waals surface area contributed by atoms with Crippen molar-refractivity contribution in [3.63, 3.8) is 0 Å². The number of Topliss-reactive ketones (excluding diaryl/α,β-unsaturated/α-hetero) is 1. The Morgan fingerprint density at radius 1 is 1.16 bits per heavy atom. The number of ketones is 1. The molecule has 1 N–H and O–H groups in total. The van der Waals surface area contributed by atoms with Crippen molar-refractivity contribution in [1.29, 1.82) is 0 Å². The van der Waals surface area contributed by atoms with Crippen LogP contribution < -0.4 is 5.32 Å². The number of hydrogen-bond donors (Lipinski definition) is 1. The lowest BCUT2D eigenvalue weighted by molar-refractivity contribution is -0.121. The van der Waals surface area contributed by atoms with Gasteiger partial charge in [-0.05, 0) is 12.0 Å². The zero-order valence-corrected chi connectivity index (χ0v) is 11.6. The van der Waals surface area contributed by atoms with E-state index in [4.69, 9.17) is 4.74 Å². The van der Waals surface area contributed by atoms with E-state index >= 15 is 0 Å². The van der Waals surface area contributed by atoms with Crippen molar-refractivity contribution in [2.24, 2.45) is 0 Å². The fraction of sp³-hybridized carbons (Fsp3) is 0.467. The topological polar surface area (TPSA) is 55.4 Å². The number of methoxy groups -OCH3 is 1. The molecule has 0 heterocycles. The van der Waals surface area contributed by atoms with Gasteiger partial charge in [0.2, 0.25) is 5.91 Å². The summed E-state index contributed by atoms with van der Waals surface area (Å²) >= 11 is 0. The van der Waals surface area contributed by atoms with Crippen molar-refractivity contribution in [2.45, 2.75) is 26.2 Å². The van der Waals surface area contributed by atoms with Gasteiger partial charge >= 0.3 is 0 Å². The van der Waals surface area contributed by atoms with E-state index < -0.39 is 0 Å². The molecule has 0 saturated carbocycles. The molecule has 104 valence electrons. The summed E-state index contributed by atoms with van der Waals surface area (Å²) < 4.78 is 4.83. The number of nitrogens with one attached hydrogen (secondary N) is 1. The Hall–Kier alpha value is -1.68. The Bertz CT molecular complexity index is 412. The van der Waals surface area contributed by atoms with Crippen molar-refractivity contribution in [3.05, 3.63) is 35.4 Å². The molecule has 0 spiro atoms. The molecule has 0 aliphatic carbocycles. The predicted molar refractivity (Wildman–Crippen MR) is 74.3 cm³/mol. The van der Waals surface area contributed by atoms with Crippen LogP contribution in [0.15, 0.2) is 24.3 Å². The van der Waals surface area contributed by atoms with E-state index in [1.807, 2.05) is 24.3 Å². The van der Waals surface area contributed by atoms with Crippen LogP contribution in [0.4, 0.5) is 0 Å². The largest absolute Gasteiger partial charge is 0.383 e. The van der Waals surface area contributed by atoms with E-state index in [9.17, 15) is 9.59 Å². The third-order valence-electron chi connectivity index (χ3n) is 2.89. The van der Waals surface area contributed by atoms with E-state index in [1.54, 1.807) is 7.11 Å². The minimum Gasteiger partial charge on any atom is -0.383 e. The van der Waals surface area contributed by atoms with Gasteiger partial charge in [0.1, 0.15) is 0 Å². The molecule has 1 rings (SSSR count). The zero-order valence-electron chi connectivity index (χ0n) is 11.6. The summed E-state index contributed by atoms with van der Waals surface area (Å²) in [7, 11) is 1.58. The fourth-order valence-corrected chi connectivity index (χ4v) is 1.68. The molecule has 4 nitrogen and oxygen atoms in total. The highest BCUT2D eigenvalue weighted by atomic mass is 16.5. The van der Waals surface area contributed by atoms with Gasteiger partial charge in [-0.1, -0.05) is 31.2 Å². The Morgan fingerprint density at radius 2 is 1.84 bits per heavy atom. The SMILES string of the molecule is CCc1ccc(C(=O)CCC(=O)NCCOC)cc1. The molecule has 0 atom stereocenters. The van der Waals surface area contributed by atoms with E-state index in [0.29, 0.717) is 18.7 Å². The second-order valence-corrected chi connectivity index (χ2v) is 4.32. The van der Waals surface area contributed by atoms with Gasteiger partial charge in [-0.15, -0.1) is 0 Å². The first kappa shape index (κ1) is 15.4. The maximum atomic E-state index is 11.9. The molecular formula is C15H21NO3. The van der Waals surface area contributed by atoms with Crippen molar-refractivity contribution in [3.8, 4) is 0 Å². The second-order valence-electron chi connectivity index (χ2n) is 4.32. The molecule has 0 fully saturated rings. The van der Waals surface area contributed by atoms with Gasteiger partial charge in [0, 0.05) is 32.1 Å². The van der Waals surface area contributed by atoms with Gasteiger partial charge in [0.15, 0.2) is 5.78 Å². The van der Waals surface area contributed by atoms with Crippen LogP contribution in [0.25, 0.3) is 0 Å². The fourth-order valence-electron chi connectivity index (χ4n) is 1.68. The van der Waals surface area contributed by atoms with Gasteiger partial charge in [-0.3, -0.25) is 9.59 Å². The molecule has 0 aliphatic rings. The quantitative estimate of drug-likeness (QED) is 0.576. The van der Waals surface area contributed by atoms with Crippen molar-refractivity contribution in [1.82, 2.24) is 5.32 Å². The van der Waals surface area contributed by atoms with Crippen LogP contribution in [0.1, 0.15) is 35.7 Å². The van der Waals surface area contributed by atoms with Gasteiger partial charge in [0.05, 0.1) is 6.61 Å². The van der Waals surface area contributed by atoms with Crippen LogP contribution in [0.2, 0.25) is 0 Å². The Labute approximate surface area is 114 Å². The molecule has 0 bridgehead atoms.